The maximum absolute atomic E-state index is 11.9. The van der Waals surface area contributed by atoms with E-state index in [4.69, 9.17) is 4.74 Å². The number of carbonyl (C=O) groups excluding carboxylic acids is 1. The Labute approximate surface area is 84.6 Å². The first-order chi connectivity index (χ1) is 6.88. The zero-order chi connectivity index (χ0) is 9.80. The lowest BCUT2D eigenvalue weighted by atomic mass is 10.0. The number of rotatable bonds is 2. The molecule has 0 saturated carbocycles. The van der Waals surface area contributed by atoms with E-state index < -0.39 is 0 Å². The predicted molar refractivity (Wildman–Crippen MR) is 54.8 cm³/mol. The second-order valence-corrected chi connectivity index (χ2v) is 3.86. The Hall–Kier alpha value is -1.05. The van der Waals surface area contributed by atoms with Crippen molar-refractivity contribution in [2.24, 2.45) is 0 Å². The molecule has 0 atom stereocenters. The van der Waals surface area contributed by atoms with Gasteiger partial charge in [-0.25, -0.2) is 0 Å². The Bertz CT molecular complexity index is 287. The second-order valence-electron chi connectivity index (χ2n) is 3.86. The Morgan fingerprint density at radius 2 is 2.07 bits per heavy atom. The summed E-state index contributed by atoms with van der Waals surface area (Å²) in [6, 6.07) is 0. The van der Waals surface area contributed by atoms with E-state index in [9.17, 15) is 4.79 Å². The largest absolute Gasteiger partial charge is 0.489 e. The van der Waals surface area contributed by atoms with E-state index in [-0.39, 0.29) is 5.78 Å². The molecule has 0 aromatic rings. The van der Waals surface area contributed by atoms with E-state index in [1.54, 1.807) is 0 Å². The Morgan fingerprint density at radius 3 is 2.86 bits per heavy atom. The van der Waals surface area contributed by atoms with Crippen LogP contribution in [0.3, 0.4) is 0 Å². The van der Waals surface area contributed by atoms with Gasteiger partial charge in [0.25, 0.3) is 0 Å². The lowest BCUT2D eigenvalue weighted by Gasteiger charge is -2.05. The Balaban J connectivity index is 2.05. The smallest absolute Gasteiger partial charge is 0.222 e. The van der Waals surface area contributed by atoms with Gasteiger partial charge in [-0.1, -0.05) is 12.5 Å². The molecule has 76 valence electrons. The van der Waals surface area contributed by atoms with Gasteiger partial charge in [0, 0.05) is 6.42 Å². The van der Waals surface area contributed by atoms with Gasteiger partial charge in [-0.3, -0.25) is 4.79 Å². The van der Waals surface area contributed by atoms with Crippen LogP contribution in [-0.2, 0) is 9.53 Å². The van der Waals surface area contributed by atoms with Gasteiger partial charge in [0.2, 0.25) is 5.78 Å². The average Bonchev–Trinajstić information content (AvgIpc) is 2.59. The molecule has 1 heterocycles. The number of ether oxygens (including phenoxy) is 1. The minimum atomic E-state index is 0.129. The van der Waals surface area contributed by atoms with Crippen molar-refractivity contribution < 1.29 is 9.53 Å². The topological polar surface area (TPSA) is 26.3 Å². The zero-order valence-electron chi connectivity index (χ0n) is 8.42. The van der Waals surface area contributed by atoms with Gasteiger partial charge in [-0.2, -0.15) is 0 Å². The summed E-state index contributed by atoms with van der Waals surface area (Å²) in [4.78, 5) is 11.9. The van der Waals surface area contributed by atoms with Crippen LogP contribution in [0.2, 0.25) is 0 Å². The van der Waals surface area contributed by atoms with Crippen molar-refractivity contribution in [3.63, 3.8) is 0 Å². The highest BCUT2D eigenvalue weighted by atomic mass is 16.5. The van der Waals surface area contributed by atoms with Crippen LogP contribution in [0.1, 0.15) is 38.5 Å². The number of carbonyl (C=O) groups is 1. The summed E-state index contributed by atoms with van der Waals surface area (Å²) in [6.07, 6.45) is 10.5. The molecule has 0 aromatic heterocycles. The number of ketones is 1. The highest BCUT2D eigenvalue weighted by Gasteiger charge is 2.19. The standard InChI is InChI=1S/C12H16O2/c13-12(11-8-5-9-14-11)10-6-3-1-2-4-7-10/h6,8H,1-5,7,9H2. The highest BCUT2D eigenvalue weighted by Crippen LogP contribution is 2.22. The number of Topliss-reactive ketones (excluding diaryl/α,β-unsaturated/α-hetero) is 1. The van der Waals surface area contributed by atoms with Gasteiger partial charge in [0.15, 0.2) is 5.76 Å². The molecule has 0 amide bonds. The number of hydrogen-bond acceptors (Lipinski definition) is 2. The molecule has 2 rings (SSSR count). The van der Waals surface area contributed by atoms with Crippen LogP contribution in [0.4, 0.5) is 0 Å². The van der Waals surface area contributed by atoms with Gasteiger partial charge in [0.05, 0.1) is 6.61 Å². The quantitative estimate of drug-likeness (QED) is 0.672. The van der Waals surface area contributed by atoms with Crippen molar-refractivity contribution in [1.82, 2.24) is 0 Å². The molecule has 0 bridgehead atoms. The summed E-state index contributed by atoms with van der Waals surface area (Å²) in [5.74, 6) is 0.711. The molecular formula is C12H16O2. The molecule has 0 unspecified atom stereocenters. The van der Waals surface area contributed by atoms with Crippen LogP contribution in [0.25, 0.3) is 0 Å². The lowest BCUT2D eigenvalue weighted by Crippen LogP contribution is -2.06. The fraction of sp³-hybridized carbons (Fsp3) is 0.583. The maximum atomic E-state index is 11.9. The van der Waals surface area contributed by atoms with E-state index >= 15 is 0 Å². The minimum Gasteiger partial charge on any atom is -0.489 e. The third-order valence-electron chi connectivity index (χ3n) is 2.76. The average molecular weight is 192 g/mol. The van der Waals surface area contributed by atoms with Crippen molar-refractivity contribution in [3.8, 4) is 0 Å². The summed E-state index contributed by atoms with van der Waals surface area (Å²) in [6.45, 7) is 0.675. The summed E-state index contributed by atoms with van der Waals surface area (Å²) < 4.78 is 5.28. The van der Waals surface area contributed by atoms with E-state index in [0.717, 1.165) is 31.3 Å². The first-order valence-electron chi connectivity index (χ1n) is 5.44. The number of allylic oxidation sites excluding steroid dienone is 2. The molecule has 0 N–H and O–H groups in total. The third-order valence-corrected chi connectivity index (χ3v) is 2.76. The molecule has 2 nitrogen and oxygen atoms in total. The van der Waals surface area contributed by atoms with Crippen LogP contribution >= 0.6 is 0 Å². The fourth-order valence-corrected chi connectivity index (χ4v) is 1.96. The van der Waals surface area contributed by atoms with Crippen molar-refractivity contribution in [3.05, 3.63) is 23.5 Å². The Kier molecular flexibility index (Phi) is 3.02. The SMILES string of the molecule is O=C(C1=CCCCCC1)C1=CCCO1. The van der Waals surface area contributed by atoms with E-state index in [0.29, 0.717) is 12.4 Å². The Morgan fingerprint density at radius 1 is 1.14 bits per heavy atom. The molecule has 1 aliphatic heterocycles. The molecular weight excluding hydrogens is 176 g/mol. The van der Waals surface area contributed by atoms with Gasteiger partial charge < -0.3 is 4.74 Å². The van der Waals surface area contributed by atoms with Crippen molar-refractivity contribution in [2.45, 2.75) is 38.5 Å². The van der Waals surface area contributed by atoms with Crippen LogP contribution in [0.5, 0.6) is 0 Å². The normalized spacial score (nSPS) is 22.0. The first kappa shape index (κ1) is 9.50. The van der Waals surface area contributed by atoms with Crippen molar-refractivity contribution >= 4 is 5.78 Å². The van der Waals surface area contributed by atoms with E-state index in [2.05, 4.69) is 6.08 Å². The monoisotopic (exact) mass is 192 g/mol. The van der Waals surface area contributed by atoms with Crippen LogP contribution in [0.15, 0.2) is 23.5 Å². The third kappa shape index (κ3) is 2.06. The van der Waals surface area contributed by atoms with E-state index in [1.165, 1.54) is 12.8 Å². The van der Waals surface area contributed by atoms with Gasteiger partial charge >= 0.3 is 0 Å². The van der Waals surface area contributed by atoms with E-state index in [1.807, 2.05) is 6.08 Å². The highest BCUT2D eigenvalue weighted by molar-refractivity contribution is 6.06. The number of hydrogen-bond donors (Lipinski definition) is 0. The summed E-state index contributed by atoms with van der Waals surface area (Å²) in [5.41, 5.74) is 0.968. The molecule has 0 spiro atoms. The van der Waals surface area contributed by atoms with Crippen LogP contribution in [-0.4, -0.2) is 12.4 Å². The first-order valence-corrected chi connectivity index (χ1v) is 5.44. The van der Waals surface area contributed by atoms with Crippen LogP contribution in [0, 0.1) is 0 Å². The maximum Gasteiger partial charge on any atom is 0.222 e. The molecule has 0 fully saturated rings. The summed E-state index contributed by atoms with van der Waals surface area (Å²) >= 11 is 0. The molecule has 2 aliphatic rings. The predicted octanol–water partition coefficient (Wildman–Crippen LogP) is 2.75. The van der Waals surface area contributed by atoms with Crippen molar-refractivity contribution in [1.29, 1.82) is 0 Å². The molecule has 0 saturated heterocycles. The summed E-state index contributed by atoms with van der Waals surface area (Å²) in [7, 11) is 0. The molecule has 1 aliphatic carbocycles. The summed E-state index contributed by atoms with van der Waals surface area (Å²) in [5, 5.41) is 0. The second kappa shape index (κ2) is 4.45. The minimum absolute atomic E-state index is 0.129. The zero-order valence-corrected chi connectivity index (χ0v) is 8.42. The van der Waals surface area contributed by atoms with Gasteiger partial charge in [-0.15, -0.1) is 0 Å². The van der Waals surface area contributed by atoms with Gasteiger partial charge in [0.1, 0.15) is 0 Å². The molecule has 0 aromatic carbocycles. The lowest BCUT2D eigenvalue weighted by molar-refractivity contribution is -0.115. The molecule has 14 heavy (non-hydrogen) atoms. The van der Waals surface area contributed by atoms with Crippen molar-refractivity contribution in [2.75, 3.05) is 6.61 Å². The fourth-order valence-electron chi connectivity index (χ4n) is 1.96. The van der Waals surface area contributed by atoms with Gasteiger partial charge in [-0.05, 0) is 37.3 Å². The molecule has 0 radical (unpaired) electrons. The van der Waals surface area contributed by atoms with Crippen LogP contribution < -0.4 is 0 Å². The molecule has 2 heteroatoms.